The molecular formula is C24H27FN2O4S. The molecule has 0 bridgehead atoms. The number of amides is 2. The molecule has 2 amide bonds. The summed E-state index contributed by atoms with van der Waals surface area (Å²) in [5, 5.41) is 0. The third-order valence-electron chi connectivity index (χ3n) is 5.37. The highest BCUT2D eigenvalue weighted by Crippen LogP contribution is 2.30. The Labute approximate surface area is 191 Å². The molecule has 2 heterocycles. The summed E-state index contributed by atoms with van der Waals surface area (Å²) in [7, 11) is 1.58. The quantitative estimate of drug-likeness (QED) is 0.467. The minimum atomic E-state index is -0.291. The molecule has 0 N–H and O–H groups in total. The van der Waals surface area contributed by atoms with Gasteiger partial charge in [0.25, 0.3) is 0 Å². The van der Waals surface area contributed by atoms with Crippen molar-refractivity contribution in [2.45, 2.75) is 19.8 Å². The van der Waals surface area contributed by atoms with Gasteiger partial charge in [-0.05, 0) is 44.0 Å². The highest BCUT2D eigenvalue weighted by molar-refractivity contribution is 7.16. The molecule has 0 radical (unpaired) electrons. The second-order valence-electron chi connectivity index (χ2n) is 7.62. The summed E-state index contributed by atoms with van der Waals surface area (Å²) < 4.78 is 19.0. The lowest BCUT2D eigenvalue weighted by atomic mass is 9.97. The van der Waals surface area contributed by atoms with Crippen LogP contribution in [0.2, 0.25) is 0 Å². The van der Waals surface area contributed by atoms with Gasteiger partial charge in [-0.2, -0.15) is 0 Å². The molecule has 1 aromatic heterocycles. The van der Waals surface area contributed by atoms with Crippen LogP contribution in [0.4, 0.5) is 4.39 Å². The molecule has 170 valence electrons. The van der Waals surface area contributed by atoms with E-state index in [0.717, 1.165) is 9.75 Å². The number of carbonyl (C=O) groups is 3. The maximum atomic E-state index is 13.9. The molecular weight excluding hydrogens is 431 g/mol. The molecule has 3 rings (SSSR count). The molecule has 1 fully saturated rings. The molecule has 2 aromatic rings. The molecule has 32 heavy (non-hydrogen) atoms. The van der Waals surface area contributed by atoms with Gasteiger partial charge in [0.05, 0.1) is 19.1 Å². The molecule has 1 aliphatic rings. The molecule has 6 nitrogen and oxygen atoms in total. The van der Waals surface area contributed by atoms with E-state index in [1.54, 1.807) is 43.1 Å². The van der Waals surface area contributed by atoms with Crippen LogP contribution in [-0.2, 0) is 19.1 Å². The van der Waals surface area contributed by atoms with Crippen LogP contribution in [-0.4, -0.2) is 60.9 Å². The lowest BCUT2D eigenvalue weighted by Crippen LogP contribution is -2.45. The third-order valence-corrected chi connectivity index (χ3v) is 6.46. The second-order valence-corrected chi connectivity index (χ2v) is 8.73. The Morgan fingerprint density at radius 1 is 1.19 bits per heavy atom. The van der Waals surface area contributed by atoms with Crippen molar-refractivity contribution >= 4 is 35.2 Å². The molecule has 0 unspecified atom stereocenters. The van der Waals surface area contributed by atoms with Crippen molar-refractivity contribution < 1.29 is 23.5 Å². The molecule has 0 saturated carbocycles. The number of rotatable bonds is 7. The Hall–Kier alpha value is -3.00. The van der Waals surface area contributed by atoms with Gasteiger partial charge in [-0.3, -0.25) is 14.4 Å². The molecule has 0 aliphatic carbocycles. The van der Waals surface area contributed by atoms with Crippen LogP contribution in [0.15, 0.2) is 42.5 Å². The Bertz CT molecular complexity index is 995. The standard InChI is InChI=1S/C24H27FN2O4S/c1-3-31-24(30)17-12-14-27(15-13-17)23(29)16-26(2)22(28)11-9-18-8-10-21(32-18)19-6-4-5-7-20(19)25/h4-11,17H,3,12-16H2,1-2H3/b11-9+. The van der Waals surface area contributed by atoms with Gasteiger partial charge in [-0.15, -0.1) is 11.3 Å². The lowest BCUT2D eigenvalue weighted by molar-refractivity contribution is -0.151. The van der Waals surface area contributed by atoms with Crippen LogP contribution in [0.3, 0.4) is 0 Å². The van der Waals surface area contributed by atoms with Gasteiger partial charge in [0.1, 0.15) is 5.82 Å². The van der Waals surface area contributed by atoms with Crippen LogP contribution in [0.25, 0.3) is 16.5 Å². The van der Waals surface area contributed by atoms with E-state index in [9.17, 15) is 18.8 Å². The zero-order valence-electron chi connectivity index (χ0n) is 18.3. The molecule has 1 saturated heterocycles. The fourth-order valence-electron chi connectivity index (χ4n) is 3.53. The van der Waals surface area contributed by atoms with Crippen molar-refractivity contribution in [3.8, 4) is 10.4 Å². The number of esters is 1. The Morgan fingerprint density at radius 3 is 2.59 bits per heavy atom. The first kappa shape index (κ1) is 23.7. The number of piperidine rings is 1. The number of halogens is 1. The zero-order valence-corrected chi connectivity index (χ0v) is 19.1. The summed E-state index contributed by atoms with van der Waals surface area (Å²) in [6.45, 7) is 3.06. The minimum absolute atomic E-state index is 0.0296. The predicted octanol–water partition coefficient (Wildman–Crippen LogP) is 3.83. The Morgan fingerprint density at radius 2 is 1.91 bits per heavy atom. The van der Waals surface area contributed by atoms with Gasteiger partial charge in [0.15, 0.2) is 0 Å². The normalized spacial score (nSPS) is 14.5. The van der Waals surface area contributed by atoms with Gasteiger partial charge in [0.2, 0.25) is 11.8 Å². The van der Waals surface area contributed by atoms with E-state index in [2.05, 4.69) is 0 Å². The number of hydrogen-bond donors (Lipinski definition) is 0. The van der Waals surface area contributed by atoms with Gasteiger partial charge in [-0.25, -0.2) is 4.39 Å². The van der Waals surface area contributed by atoms with Crippen molar-refractivity contribution in [1.29, 1.82) is 0 Å². The number of nitrogens with zero attached hydrogens (tertiary/aromatic N) is 2. The van der Waals surface area contributed by atoms with Crippen molar-refractivity contribution in [2.24, 2.45) is 5.92 Å². The highest BCUT2D eigenvalue weighted by Gasteiger charge is 2.28. The maximum absolute atomic E-state index is 13.9. The van der Waals surface area contributed by atoms with Crippen molar-refractivity contribution in [3.63, 3.8) is 0 Å². The van der Waals surface area contributed by atoms with Crippen LogP contribution in [0.1, 0.15) is 24.6 Å². The van der Waals surface area contributed by atoms with Crippen molar-refractivity contribution in [2.75, 3.05) is 33.3 Å². The summed E-state index contributed by atoms with van der Waals surface area (Å²) in [4.78, 5) is 41.4. The summed E-state index contributed by atoms with van der Waals surface area (Å²) in [5.74, 6) is -1.09. The van der Waals surface area contributed by atoms with Crippen LogP contribution < -0.4 is 0 Å². The van der Waals surface area contributed by atoms with Crippen LogP contribution in [0.5, 0.6) is 0 Å². The molecule has 1 aromatic carbocycles. The first-order valence-corrected chi connectivity index (χ1v) is 11.4. The first-order valence-electron chi connectivity index (χ1n) is 10.6. The van der Waals surface area contributed by atoms with Crippen molar-refractivity contribution in [3.05, 3.63) is 53.2 Å². The van der Waals surface area contributed by atoms with Gasteiger partial charge in [-0.1, -0.05) is 18.2 Å². The van der Waals surface area contributed by atoms with E-state index >= 15 is 0 Å². The molecule has 0 spiro atoms. The monoisotopic (exact) mass is 458 g/mol. The average molecular weight is 459 g/mol. The van der Waals surface area contributed by atoms with E-state index in [1.807, 2.05) is 12.1 Å². The van der Waals surface area contributed by atoms with Crippen LogP contribution >= 0.6 is 11.3 Å². The fraction of sp³-hybridized carbons (Fsp3) is 0.375. The summed E-state index contributed by atoms with van der Waals surface area (Å²) in [5.41, 5.74) is 0.526. The van der Waals surface area contributed by atoms with E-state index in [4.69, 9.17) is 4.74 Å². The third kappa shape index (κ3) is 6.03. The highest BCUT2D eigenvalue weighted by atomic mass is 32.1. The number of thiophene rings is 1. The van der Waals surface area contributed by atoms with Crippen LogP contribution in [0, 0.1) is 11.7 Å². The number of hydrogen-bond acceptors (Lipinski definition) is 5. The average Bonchev–Trinajstić information content (AvgIpc) is 3.26. The number of ether oxygens (including phenoxy) is 1. The predicted molar refractivity (Wildman–Crippen MR) is 122 cm³/mol. The van der Waals surface area contributed by atoms with E-state index in [1.165, 1.54) is 28.4 Å². The smallest absolute Gasteiger partial charge is 0.309 e. The Balaban J connectivity index is 1.50. The maximum Gasteiger partial charge on any atom is 0.309 e. The van der Waals surface area contributed by atoms with E-state index < -0.39 is 0 Å². The van der Waals surface area contributed by atoms with E-state index in [0.29, 0.717) is 38.1 Å². The molecule has 1 aliphatic heterocycles. The van der Waals surface area contributed by atoms with Gasteiger partial charge < -0.3 is 14.5 Å². The lowest BCUT2D eigenvalue weighted by Gasteiger charge is -2.32. The largest absolute Gasteiger partial charge is 0.466 e. The SMILES string of the molecule is CCOC(=O)C1CCN(C(=O)CN(C)C(=O)/C=C/c2ccc(-c3ccccc3F)s2)CC1. The summed E-state index contributed by atoms with van der Waals surface area (Å²) in [6, 6.07) is 10.2. The first-order chi connectivity index (χ1) is 15.4. The van der Waals surface area contributed by atoms with E-state index in [-0.39, 0.29) is 36.1 Å². The topological polar surface area (TPSA) is 66.9 Å². The number of likely N-dealkylation sites (tertiary alicyclic amines) is 1. The molecule has 8 heteroatoms. The second kappa shape index (κ2) is 11.0. The minimum Gasteiger partial charge on any atom is -0.466 e. The number of benzene rings is 1. The fourth-order valence-corrected chi connectivity index (χ4v) is 4.47. The number of likely N-dealkylation sites (N-methyl/N-ethyl adjacent to an activating group) is 1. The van der Waals surface area contributed by atoms with Crippen molar-refractivity contribution in [1.82, 2.24) is 9.80 Å². The van der Waals surface area contributed by atoms with Gasteiger partial charge in [0, 0.05) is 41.5 Å². The Kier molecular flexibility index (Phi) is 8.16. The number of carbonyl (C=O) groups excluding carboxylic acids is 3. The zero-order chi connectivity index (χ0) is 23.1. The summed E-state index contributed by atoms with van der Waals surface area (Å²) in [6.07, 6.45) is 4.23. The summed E-state index contributed by atoms with van der Waals surface area (Å²) >= 11 is 1.39. The van der Waals surface area contributed by atoms with Gasteiger partial charge >= 0.3 is 5.97 Å². The molecule has 0 atom stereocenters.